The fraction of sp³-hybridized carbons (Fsp3) is 0.381. The van der Waals surface area contributed by atoms with Crippen molar-refractivity contribution in [3.8, 4) is 0 Å². The van der Waals surface area contributed by atoms with Crippen LogP contribution in [0.3, 0.4) is 0 Å². The highest BCUT2D eigenvalue weighted by atomic mass is 32.1. The molecule has 11 heteroatoms. The number of hydrogen-bond donors (Lipinski definition) is 0. The summed E-state index contributed by atoms with van der Waals surface area (Å²) in [5.74, 6) is -0.651. The summed E-state index contributed by atoms with van der Waals surface area (Å²) in [6, 6.07) is 2.44. The molecule has 1 aliphatic carbocycles. The first kappa shape index (κ1) is 22.1. The van der Waals surface area contributed by atoms with Crippen molar-refractivity contribution in [2.75, 3.05) is 31.1 Å². The van der Waals surface area contributed by atoms with Gasteiger partial charge in [-0.25, -0.2) is 28.6 Å². The van der Waals surface area contributed by atoms with Crippen LogP contribution >= 0.6 is 13.5 Å². The minimum Gasteiger partial charge on any atom is -0.337 e. The fourth-order valence-electron chi connectivity index (χ4n) is 4.23. The van der Waals surface area contributed by atoms with Crippen LogP contribution in [0.2, 0.25) is 0 Å². The third-order valence-electron chi connectivity index (χ3n) is 5.82. The van der Waals surface area contributed by atoms with Gasteiger partial charge in [0.15, 0.2) is 0 Å². The summed E-state index contributed by atoms with van der Waals surface area (Å²) in [6.07, 6.45) is 4.43. The third kappa shape index (κ3) is 4.16. The van der Waals surface area contributed by atoms with E-state index in [-0.39, 0.29) is 25.3 Å². The standard InChI is InChI=1S/C21H20F2N6O2.H2S/c22-15-7-13(8-16(23)10-15)19-1-2-25-29(19)21(31)28-5-3-27(4-6-28)20-24-12-14-9-17(30)11-18(14)26-20;/h2,7-8,10,12,19H,1,3-6,9,11H2;1H2/t19-;/m0./s1. The first-order chi connectivity index (χ1) is 15.0. The Morgan fingerprint density at radius 2 is 1.75 bits per heavy atom. The second-order valence-electron chi connectivity index (χ2n) is 7.89. The number of piperazine rings is 1. The highest BCUT2D eigenvalue weighted by Gasteiger charge is 2.34. The van der Waals surface area contributed by atoms with E-state index >= 15 is 0 Å². The number of hydrazone groups is 1. The van der Waals surface area contributed by atoms with Crippen LogP contribution in [0.25, 0.3) is 0 Å². The predicted molar refractivity (Wildman–Crippen MR) is 118 cm³/mol. The second-order valence-corrected chi connectivity index (χ2v) is 7.89. The maximum Gasteiger partial charge on any atom is 0.341 e. The van der Waals surface area contributed by atoms with Crippen molar-refractivity contribution in [3.05, 3.63) is 52.9 Å². The number of fused-ring (bicyclic) bond motifs is 1. The molecule has 1 atom stereocenters. The summed E-state index contributed by atoms with van der Waals surface area (Å²) in [5.41, 5.74) is 2.04. The van der Waals surface area contributed by atoms with Gasteiger partial charge in [0.05, 0.1) is 11.7 Å². The van der Waals surface area contributed by atoms with E-state index in [1.54, 1.807) is 17.3 Å². The molecular weight excluding hydrogens is 438 g/mol. The fourth-order valence-corrected chi connectivity index (χ4v) is 4.23. The molecule has 32 heavy (non-hydrogen) atoms. The van der Waals surface area contributed by atoms with Gasteiger partial charge in [-0.05, 0) is 23.3 Å². The Morgan fingerprint density at radius 3 is 2.47 bits per heavy atom. The zero-order valence-electron chi connectivity index (χ0n) is 17.2. The van der Waals surface area contributed by atoms with Crippen LogP contribution < -0.4 is 4.90 Å². The molecule has 1 aromatic heterocycles. The first-order valence-electron chi connectivity index (χ1n) is 10.2. The molecule has 0 radical (unpaired) electrons. The molecule has 3 heterocycles. The van der Waals surface area contributed by atoms with Crippen molar-refractivity contribution in [1.29, 1.82) is 0 Å². The summed E-state index contributed by atoms with van der Waals surface area (Å²) in [4.78, 5) is 37.2. The summed E-state index contributed by atoms with van der Waals surface area (Å²) in [5, 5.41) is 5.45. The Bertz CT molecular complexity index is 1070. The molecule has 2 aromatic rings. The van der Waals surface area contributed by atoms with Gasteiger partial charge < -0.3 is 9.80 Å². The number of anilines is 1. The van der Waals surface area contributed by atoms with Crippen LogP contribution in [0.1, 0.15) is 29.3 Å². The lowest BCUT2D eigenvalue weighted by Gasteiger charge is -2.37. The number of nitrogens with zero attached hydrogens (tertiary/aromatic N) is 6. The molecular formula is C21H22F2N6O2S. The highest BCUT2D eigenvalue weighted by Crippen LogP contribution is 2.30. The van der Waals surface area contributed by atoms with Gasteiger partial charge in [0.1, 0.15) is 17.4 Å². The molecule has 1 aromatic carbocycles. The Morgan fingerprint density at radius 1 is 1.03 bits per heavy atom. The normalized spacial score (nSPS) is 19.9. The topological polar surface area (TPSA) is 82.0 Å². The molecule has 8 nitrogen and oxygen atoms in total. The quantitative estimate of drug-likeness (QED) is 0.687. The largest absolute Gasteiger partial charge is 0.341 e. The van der Waals surface area contributed by atoms with Gasteiger partial charge in [0.2, 0.25) is 5.95 Å². The van der Waals surface area contributed by atoms with Crippen LogP contribution in [-0.2, 0) is 17.6 Å². The number of aromatic nitrogens is 2. The number of urea groups is 1. The molecule has 2 aliphatic heterocycles. The maximum atomic E-state index is 13.6. The van der Waals surface area contributed by atoms with E-state index in [1.165, 1.54) is 17.1 Å². The number of halogens is 2. The van der Waals surface area contributed by atoms with E-state index in [1.807, 2.05) is 4.90 Å². The molecule has 0 spiro atoms. The average Bonchev–Trinajstić information content (AvgIpc) is 3.38. The molecule has 0 saturated carbocycles. The van der Waals surface area contributed by atoms with Gasteiger partial charge in [-0.2, -0.15) is 18.6 Å². The lowest BCUT2D eigenvalue weighted by molar-refractivity contribution is -0.117. The summed E-state index contributed by atoms with van der Waals surface area (Å²) >= 11 is 0. The molecule has 1 fully saturated rings. The van der Waals surface area contributed by atoms with Crippen LogP contribution in [-0.4, -0.2) is 64.1 Å². The van der Waals surface area contributed by atoms with E-state index in [0.29, 0.717) is 57.0 Å². The van der Waals surface area contributed by atoms with Gasteiger partial charge >= 0.3 is 6.03 Å². The van der Waals surface area contributed by atoms with Crippen molar-refractivity contribution >= 4 is 37.5 Å². The monoisotopic (exact) mass is 460 g/mol. The molecule has 1 saturated heterocycles. The number of benzene rings is 1. The van der Waals surface area contributed by atoms with Gasteiger partial charge in [-0.3, -0.25) is 4.79 Å². The average molecular weight is 461 g/mol. The Hall–Kier alpha value is -3.08. The van der Waals surface area contributed by atoms with Crippen LogP contribution in [0, 0.1) is 11.6 Å². The number of hydrogen-bond acceptors (Lipinski definition) is 6. The van der Waals surface area contributed by atoms with E-state index in [9.17, 15) is 18.4 Å². The second kappa shape index (κ2) is 8.81. The van der Waals surface area contributed by atoms with E-state index < -0.39 is 17.7 Å². The number of amides is 2. The van der Waals surface area contributed by atoms with Gasteiger partial charge in [-0.1, -0.05) is 0 Å². The minimum absolute atomic E-state index is 0. The minimum atomic E-state index is -0.682. The van der Waals surface area contributed by atoms with E-state index in [4.69, 9.17) is 0 Å². The van der Waals surface area contributed by atoms with Gasteiger partial charge in [-0.15, -0.1) is 0 Å². The Balaban J connectivity index is 0.00000245. The van der Waals surface area contributed by atoms with Crippen molar-refractivity contribution in [1.82, 2.24) is 19.9 Å². The summed E-state index contributed by atoms with van der Waals surface area (Å²) in [6.45, 7) is 1.95. The number of ketones is 1. The van der Waals surface area contributed by atoms with Gasteiger partial charge in [0.25, 0.3) is 0 Å². The van der Waals surface area contributed by atoms with Crippen LogP contribution in [0.15, 0.2) is 29.5 Å². The summed E-state index contributed by atoms with van der Waals surface area (Å²) < 4.78 is 27.3. The lowest BCUT2D eigenvalue weighted by Crippen LogP contribution is -2.52. The van der Waals surface area contributed by atoms with Crippen LogP contribution in [0.5, 0.6) is 0 Å². The number of rotatable bonds is 2. The Labute approximate surface area is 190 Å². The molecule has 0 N–H and O–H groups in total. The maximum absolute atomic E-state index is 13.6. The van der Waals surface area contributed by atoms with Gasteiger partial charge in [0, 0.05) is 63.9 Å². The van der Waals surface area contributed by atoms with Crippen molar-refractivity contribution in [2.24, 2.45) is 5.10 Å². The molecule has 5 rings (SSSR count). The van der Waals surface area contributed by atoms with Crippen molar-refractivity contribution in [2.45, 2.75) is 25.3 Å². The van der Waals surface area contributed by atoms with E-state index in [2.05, 4.69) is 15.1 Å². The zero-order valence-corrected chi connectivity index (χ0v) is 18.2. The predicted octanol–water partition coefficient (Wildman–Crippen LogP) is 2.21. The molecule has 0 bridgehead atoms. The number of carbonyl (C=O) groups is 2. The SMILES string of the molecule is O=C1Cc2cnc(N3CCN(C(=O)N4N=CC[C@H]4c4cc(F)cc(F)c4)CC3)nc2C1.S. The Kier molecular flexibility index (Phi) is 6.09. The molecule has 168 valence electrons. The van der Waals surface area contributed by atoms with Crippen LogP contribution in [0.4, 0.5) is 19.5 Å². The highest BCUT2D eigenvalue weighted by molar-refractivity contribution is 7.59. The first-order valence-corrected chi connectivity index (χ1v) is 10.2. The summed E-state index contributed by atoms with van der Waals surface area (Å²) in [7, 11) is 0. The smallest absolute Gasteiger partial charge is 0.337 e. The third-order valence-corrected chi connectivity index (χ3v) is 5.82. The van der Waals surface area contributed by atoms with E-state index in [0.717, 1.165) is 17.3 Å². The van der Waals surface area contributed by atoms with Crippen molar-refractivity contribution in [3.63, 3.8) is 0 Å². The number of carbonyl (C=O) groups excluding carboxylic acids is 2. The van der Waals surface area contributed by atoms with Crippen molar-refractivity contribution < 1.29 is 18.4 Å². The molecule has 2 amide bonds. The molecule has 0 unspecified atom stereocenters. The molecule has 3 aliphatic rings. The zero-order chi connectivity index (χ0) is 21.5. The lowest BCUT2D eigenvalue weighted by atomic mass is 10.0. The number of Topliss-reactive ketones (excluding diaryl/α,β-unsaturated/α-hetero) is 1.